The monoisotopic (exact) mass is 436 g/mol. The average molecular weight is 437 g/mol. The highest BCUT2D eigenvalue weighted by Gasteiger charge is 2.24. The van der Waals surface area contributed by atoms with Crippen molar-refractivity contribution in [3.05, 3.63) is 72.3 Å². The van der Waals surface area contributed by atoms with Crippen LogP contribution in [0.5, 0.6) is 17.2 Å². The minimum Gasteiger partial charge on any atom is -0.497 e. The van der Waals surface area contributed by atoms with E-state index in [9.17, 15) is 9.59 Å². The van der Waals surface area contributed by atoms with Gasteiger partial charge < -0.3 is 24.0 Å². The maximum Gasteiger partial charge on any atom is 0.254 e. The Bertz CT molecular complexity index is 994. The van der Waals surface area contributed by atoms with Gasteiger partial charge in [-0.2, -0.15) is 0 Å². The Morgan fingerprint density at radius 3 is 2.41 bits per heavy atom. The number of methoxy groups -OCH3 is 2. The molecule has 7 nitrogen and oxygen atoms in total. The average Bonchev–Trinajstić information content (AvgIpc) is 2.85. The van der Waals surface area contributed by atoms with E-state index in [1.165, 1.54) is 0 Å². The summed E-state index contributed by atoms with van der Waals surface area (Å²) in [7, 11) is 3.14. The van der Waals surface area contributed by atoms with Crippen LogP contribution < -0.4 is 14.2 Å². The van der Waals surface area contributed by atoms with E-state index >= 15 is 0 Å². The maximum atomic E-state index is 12.7. The smallest absolute Gasteiger partial charge is 0.254 e. The second kappa shape index (κ2) is 11.0. The first-order chi connectivity index (χ1) is 15.5. The fraction of sp³-hybridized carbons (Fsp3) is 0.280. The Hall–Kier alpha value is -3.74. The SMILES string of the molecule is C=CCOc1ccc(/C=C/C(=O)N2CCN(C(=O)c3cccc(OC)c3)CC2)cc1OC. The molecule has 1 aliphatic rings. The van der Waals surface area contributed by atoms with E-state index in [0.29, 0.717) is 55.6 Å². The molecule has 1 heterocycles. The Labute approximate surface area is 188 Å². The Morgan fingerprint density at radius 1 is 0.969 bits per heavy atom. The number of carbonyl (C=O) groups is 2. The van der Waals surface area contributed by atoms with Crippen molar-refractivity contribution >= 4 is 17.9 Å². The summed E-state index contributed by atoms with van der Waals surface area (Å²) in [5.74, 6) is 1.70. The van der Waals surface area contributed by atoms with E-state index in [0.717, 1.165) is 5.56 Å². The molecule has 7 heteroatoms. The molecule has 2 amide bonds. The zero-order valence-electron chi connectivity index (χ0n) is 18.5. The standard InChI is InChI=1S/C25H28N2O5/c1-4-16-32-22-10-8-19(17-23(22)31-3)9-11-24(28)26-12-14-27(15-13-26)25(29)20-6-5-7-21(18-20)30-2/h4-11,17-18H,1,12-16H2,2-3H3/b11-9+. The molecule has 1 aliphatic heterocycles. The van der Waals surface area contributed by atoms with Crippen LogP contribution in [0.4, 0.5) is 0 Å². The molecule has 1 fully saturated rings. The lowest BCUT2D eigenvalue weighted by atomic mass is 10.1. The molecule has 0 bridgehead atoms. The summed E-state index contributed by atoms with van der Waals surface area (Å²) in [6.07, 6.45) is 4.95. The Morgan fingerprint density at radius 2 is 1.72 bits per heavy atom. The number of ether oxygens (including phenoxy) is 3. The minimum absolute atomic E-state index is 0.0580. The van der Waals surface area contributed by atoms with Gasteiger partial charge in [-0.05, 0) is 42.0 Å². The molecule has 32 heavy (non-hydrogen) atoms. The van der Waals surface area contributed by atoms with Crippen LogP contribution in [-0.4, -0.2) is 68.6 Å². The third-order valence-corrected chi connectivity index (χ3v) is 5.16. The lowest BCUT2D eigenvalue weighted by molar-refractivity contribution is -0.127. The Balaban J connectivity index is 1.56. The topological polar surface area (TPSA) is 68.3 Å². The van der Waals surface area contributed by atoms with Crippen molar-refractivity contribution in [2.45, 2.75) is 0 Å². The van der Waals surface area contributed by atoms with Crippen molar-refractivity contribution < 1.29 is 23.8 Å². The zero-order valence-corrected chi connectivity index (χ0v) is 18.5. The molecule has 0 aliphatic carbocycles. The van der Waals surface area contributed by atoms with Crippen molar-refractivity contribution in [1.29, 1.82) is 0 Å². The fourth-order valence-corrected chi connectivity index (χ4v) is 3.40. The van der Waals surface area contributed by atoms with E-state index in [1.807, 2.05) is 12.1 Å². The third-order valence-electron chi connectivity index (χ3n) is 5.16. The first-order valence-corrected chi connectivity index (χ1v) is 10.4. The molecule has 0 saturated carbocycles. The highest BCUT2D eigenvalue weighted by Crippen LogP contribution is 2.28. The van der Waals surface area contributed by atoms with E-state index in [4.69, 9.17) is 14.2 Å². The van der Waals surface area contributed by atoms with Crippen LogP contribution in [0.1, 0.15) is 15.9 Å². The van der Waals surface area contributed by atoms with Crippen LogP contribution in [-0.2, 0) is 4.79 Å². The number of rotatable bonds is 8. The van der Waals surface area contributed by atoms with Gasteiger partial charge in [0.25, 0.3) is 5.91 Å². The summed E-state index contributed by atoms with van der Waals surface area (Å²) < 4.78 is 16.1. The molecule has 1 saturated heterocycles. The molecule has 0 radical (unpaired) electrons. The minimum atomic E-state index is -0.0931. The summed E-state index contributed by atoms with van der Waals surface area (Å²) in [6.45, 7) is 5.95. The summed E-state index contributed by atoms with van der Waals surface area (Å²) in [5, 5.41) is 0. The normalized spacial score (nSPS) is 13.7. The van der Waals surface area contributed by atoms with Crippen molar-refractivity contribution in [3.8, 4) is 17.2 Å². The largest absolute Gasteiger partial charge is 0.497 e. The first-order valence-electron chi connectivity index (χ1n) is 10.4. The third kappa shape index (κ3) is 5.69. The lowest BCUT2D eigenvalue weighted by Crippen LogP contribution is -2.50. The number of carbonyl (C=O) groups excluding carboxylic acids is 2. The quantitative estimate of drug-likeness (QED) is 0.469. The first kappa shape index (κ1) is 22.9. The molecule has 2 aromatic carbocycles. The predicted octanol–water partition coefficient (Wildman–Crippen LogP) is 3.27. The number of hydrogen-bond acceptors (Lipinski definition) is 5. The molecular formula is C25H28N2O5. The molecule has 3 rings (SSSR count). The highest BCUT2D eigenvalue weighted by molar-refractivity contribution is 5.95. The van der Waals surface area contributed by atoms with Gasteiger partial charge in [-0.1, -0.05) is 24.8 Å². The highest BCUT2D eigenvalue weighted by atomic mass is 16.5. The molecule has 2 aromatic rings. The summed E-state index contributed by atoms with van der Waals surface area (Å²) in [4.78, 5) is 28.9. The summed E-state index contributed by atoms with van der Waals surface area (Å²) >= 11 is 0. The summed E-state index contributed by atoms with van der Waals surface area (Å²) in [6, 6.07) is 12.6. The number of amides is 2. The summed E-state index contributed by atoms with van der Waals surface area (Å²) in [5.41, 5.74) is 1.41. The molecule has 0 aromatic heterocycles. The van der Waals surface area contributed by atoms with E-state index in [2.05, 4.69) is 6.58 Å². The number of hydrogen-bond donors (Lipinski definition) is 0. The van der Waals surface area contributed by atoms with Gasteiger partial charge >= 0.3 is 0 Å². The number of nitrogens with zero attached hydrogens (tertiary/aromatic N) is 2. The maximum absolute atomic E-state index is 12.7. The van der Waals surface area contributed by atoms with Crippen LogP contribution in [0.3, 0.4) is 0 Å². The van der Waals surface area contributed by atoms with Gasteiger partial charge in [-0.15, -0.1) is 0 Å². The van der Waals surface area contributed by atoms with Gasteiger partial charge in [0.1, 0.15) is 12.4 Å². The molecule has 0 spiro atoms. The second-order valence-corrected chi connectivity index (χ2v) is 7.19. The second-order valence-electron chi connectivity index (χ2n) is 7.19. The van der Waals surface area contributed by atoms with Crippen molar-refractivity contribution in [2.24, 2.45) is 0 Å². The molecule has 0 N–H and O–H groups in total. The number of piperazine rings is 1. The van der Waals surface area contributed by atoms with Gasteiger partial charge in [0.05, 0.1) is 14.2 Å². The molecule has 0 atom stereocenters. The number of benzene rings is 2. The van der Waals surface area contributed by atoms with Crippen molar-refractivity contribution in [1.82, 2.24) is 9.80 Å². The lowest BCUT2D eigenvalue weighted by Gasteiger charge is -2.34. The van der Waals surface area contributed by atoms with Crippen LogP contribution in [0.25, 0.3) is 6.08 Å². The van der Waals surface area contributed by atoms with Crippen LogP contribution in [0, 0.1) is 0 Å². The van der Waals surface area contributed by atoms with Crippen LogP contribution in [0.15, 0.2) is 61.2 Å². The van der Waals surface area contributed by atoms with Crippen LogP contribution in [0.2, 0.25) is 0 Å². The Kier molecular flexibility index (Phi) is 7.91. The molecule has 0 unspecified atom stereocenters. The van der Waals surface area contributed by atoms with Crippen molar-refractivity contribution in [2.75, 3.05) is 47.0 Å². The van der Waals surface area contributed by atoms with Crippen molar-refractivity contribution in [3.63, 3.8) is 0 Å². The van der Waals surface area contributed by atoms with Crippen LogP contribution >= 0.6 is 0 Å². The molecule has 168 valence electrons. The van der Waals surface area contributed by atoms with E-state index < -0.39 is 0 Å². The van der Waals surface area contributed by atoms with E-state index in [-0.39, 0.29) is 11.8 Å². The van der Waals surface area contributed by atoms with Gasteiger partial charge in [-0.3, -0.25) is 9.59 Å². The van der Waals surface area contributed by atoms with Gasteiger partial charge in [0, 0.05) is 37.8 Å². The predicted molar refractivity (Wildman–Crippen MR) is 123 cm³/mol. The van der Waals surface area contributed by atoms with Gasteiger partial charge in [0.2, 0.25) is 5.91 Å². The fourth-order valence-electron chi connectivity index (χ4n) is 3.40. The van der Waals surface area contributed by atoms with E-state index in [1.54, 1.807) is 72.6 Å². The molecular weight excluding hydrogens is 408 g/mol. The zero-order chi connectivity index (χ0) is 22.9. The van der Waals surface area contributed by atoms with Gasteiger partial charge in [-0.25, -0.2) is 0 Å². The van der Waals surface area contributed by atoms with Gasteiger partial charge in [0.15, 0.2) is 11.5 Å².